The van der Waals surface area contributed by atoms with Gasteiger partial charge in [0.05, 0.1) is 0 Å². The predicted octanol–water partition coefficient (Wildman–Crippen LogP) is 3.88. The maximum Gasteiger partial charge on any atom is 0.414 e. The SMILES string of the molecule is CC(CNC(=O)c1cc(NC(=O)OCC2c3ccccc3-c3ccccc32)on1)CC(=O)O. The number of nitrogens with one attached hydrogen (secondary N) is 2. The van der Waals surface area contributed by atoms with Crippen LogP contribution >= 0.6 is 0 Å². The molecule has 1 heterocycles. The molecule has 1 aliphatic rings. The van der Waals surface area contributed by atoms with E-state index in [-0.39, 0.29) is 43.0 Å². The number of amides is 2. The third-order valence-electron chi connectivity index (χ3n) is 5.45. The number of rotatable bonds is 8. The summed E-state index contributed by atoms with van der Waals surface area (Å²) in [6.45, 7) is 2.03. The topological polar surface area (TPSA) is 131 Å². The Morgan fingerprint density at radius 1 is 1.09 bits per heavy atom. The quantitative estimate of drug-likeness (QED) is 0.476. The largest absolute Gasteiger partial charge is 0.481 e. The van der Waals surface area contributed by atoms with Gasteiger partial charge in [0, 0.05) is 24.9 Å². The number of benzene rings is 2. The highest BCUT2D eigenvalue weighted by atomic mass is 16.6. The van der Waals surface area contributed by atoms with Crippen molar-refractivity contribution in [2.24, 2.45) is 5.92 Å². The van der Waals surface area contributed by atoms with E-state index in [1.807, 2.05) is 36.4 Å². The first-order valence-corrected chi connectivity index (χ1v) is 10.5. The Morgan fingerprint density at radius 2 is 1.73 bits per heavy atom. The Morgan fingerprint density at radius 3 is 2.36 bits per heavy atom. The number of carboxylic acids is 1. The van der Waals surface area contributed by atoms with Crippen molar-refractivity contribution in [2.75, 3.05) is 18.5 Å². The van der Waals surface area contributed by atoms with Crippen LogP contribution in [0, 0.1) is 5.92 Å². The number of ether oxygens (including phenoxy) is 1. The second-order valence-corrected chi connectivity index (χ2v) is 7.94. The van der Waals surface area contributed by atoms with Crippen molar-refractivity contribution in [1.29, 1.82) is 0 Å². The molecule has 2 amide bonds. The van der Waals surface area contributed by atoms with E-state index in [0.717, 1.165) is 22.3 Å². The van der Waals surface area contributed by atoms with Crippen LogP contribution in [0.15, 0.2) is 59.1 Å². The molecule has 9 nitrogen and oxygen atoms in total. The summed E-state index contributed by atoms with van der Waals surface area (Å²) in [7, 11) is 0. The second kappa shape index (κ2) is 9.56. The van der Waals surface area contributed by atoms with Crippen molar-refractivity contribution in [3.05, 3.63) is 71.4 Å². The average Bonchev–Trinajstić information content (AvgIpc) is 3.38. The third-order valence-corrected chi connectivity index (χ3v) is 5.45. The molecule has 0 aliphatic heterocycles. The van der Waals surface area contributed by atoms with Crippen molar-refractivity contribution in [3.63, 3.8) is 0 Å². The van der Waals surface area contributed by atoms with Gasteiger partial charge in [-0.25, -0.2) is 4.79 Å². The Bertz CT molecular complexity index is 1140. The molecule has 33 heavy (non-hydrogen) atoms. The molecule has 2 aromatic carbocycles. The average molecular weight is 449 g/mol. The summed E-state index contributed by atoms with van der Waals surface area (Å²) in [6, 6.07) is 17.3. The minimum absolute atomic E-state index is 0.0315. The van der Waals surface area contributed by atoms with Crippen molar-refractivity contribution in [3.8, 4) is 11.1 Å². The molecule has 0 saturated carbocycles. The number of anilines is 1. The maximum absolute atomic E-state index is 12.3. The maximum atomic E-state index is 12.3. The van der Waals surface area contributed by atoms with Gasteiger partial charge in [-0.05, 0) is 28.2 Å². The van der Waals surface area contributed by atoms with Crippen molar-refractivity contribution >= 4 is 23.9 Å². The number of hydrogen-bond donors (Lipinski definition) is 3. The minimum atomic E-state index is -0.937. The van der Waals surface area contributed by atoms with E-state index >= 15 is 0 Å². The van der Waals surface area contributed by atoms with Gasteiger partial charge in [-0.1, -0.05) is 60.6 Å². The number of fused-ring (bicyclic) bond motifs is 3. The Balaban J connectivity index is 1.32. The fourth-order valence-electron chi connectivity index (χ4n) is 3.90. The number of carboxylic acid groups (broad SMARTS) is 1. The van der Waals surface area contributed by atoms with Crippen LogP contribution < -0.4 is 10.6 Å². The Labute approximate surface area is 189 Å². The molecule has 3 aromatic rings. The fraction of sp³-hybridized carbons (Fsp3) is 0.250. The molecule has 170 valence electrons. The van der Waals surface area contributed by atoms with E-state index in [4.69, 9.17) is 14.4 Å². The molecule has 1 aromatic heterocycles. The highest BCUT2D eigenvalue weighted by molar-refractivity contribution is 5.93. The molecular formula is C24H23N3O6. The number of hydrogen-bond acceptors (Lipinski definition) is 6. The second-order valence-electron chi connectivity index (χ2n) is 7.94. The molecule has 0 fully saturated rings. The lowest BCUT2D eigenvalue weighted by Gasteiger charge is -2.13. The molecule has 4 rings (SSSR count). The summed E-state index contributed by atoms with van der Waals surface area (Å²) in [6.07, 6.45) is -0.789. The summed E-state index contributed by atoms with van der Waals surface area (Å²) in [5.74, 6) is -1.82. The summed E-state index contributed by atoms with van der Waals surface area (Å²) in [4.78, 5) is 35.2. The molecule has 1 atom stereocenters. The molecule has 0 bridgehead atoms. The van der Waals surface area contributed by atoms with E-state index in [1.54, 1.807) is 6.92 Å². The van der Waals surface area contributed by atoms with Crippen LogP contribution in [0.3, 0.4) is 0 Å². The smallest absolute Gasteiger partial charge is 0.414 e. The highest BCUT2D eigenvalue weighted by Crippen LogP contribution is 2.44. The van der Waals surface area contributed by atoms with E-state index in [1.165, 1.54) is 6.07 Å². The van der Waals surface area contributed by atoms with Crippen LogP contribution in [0.1, 0.15) is 40.9 Å². The first kappa shape index (κ1) is 22.1. The lowest BCUT2D eigenvalue weighted by atomic mass is 9.98. The molecule has 0 saturated heterocycles. The zero-order chi connectivity index (χ0) is 23.4. The third kappa shape index (κ3) is 5.03. The zero-order valence-electron chi connectivity index (χ0n) is 17.9. The van der Waals surface area contributed by atoms with Gasteiger partial charge in [-0.2, -0.15) is 0 Å². The zero-order valence-corrected chi connectivity index (χ0v) is 17.9. The van der Waals surface area contributed by atoms with Crippen LogP contribution in [-0.4, -0.2) is 41.4 Å². The normalized spacial score (nSPS) is 13.0. The van der Waals surface area contributed by atoms with Gasteiger partial charge in [-0.15, -0.1) is 0 Å². The van der Waals surface area contributed by atoms with Crippen LogP contribution in [0.2, 0.25) is 0 Å². The number of aromatic nitrogens is 1. The highest BCUT2D eigenvalue weighted by Gasteiger charge is 2.29. The summed E-state index contributed by atoms with van der Waals surface area (Å²) in [5.41, 5.74) is 4.42. The van der Waals surface area contributed by atoms with Gasteiger partial charge in [0.25, 0.3) is 5.91 Å². The van der Waals surface area contributed by atoms with Crippen LogP contribution in [-0.2, 0) is 9.53 Å². The lowest BCUT2D eigenvalue weighted by molar-refractivity contribution is -0.137. The van der Waals surface area contributed by atoms with E-state index < -0.39 is 18.0 Å². The van der Waals surface area contributed by atoms with Gasteiger partial charge < -0.3 is 19.7 Å². The van der Waals surface area contributed by atoms with Crippen LogP contribution in [0.25, 0.3) is 11.1 Å². The standard InChI is InChI=1S/C24H23N3O6/c1-14(10-22(28)29)12-25-23(30)20-11-21(33-27-20)26-24(31)32-13-19-17-8-4-2-6-15(17)16-7-3-5-9-18(16)19/h2-9,11,14,19H,10,12-13H2,1H3,(H,25,30)(H,26,31)(H,28,29). The first-order valence-electron chi connectivity index (χ1n) is 10.5. The number of aliphatic carboxylic acids is 1. The fourth-order valence-corrected chi connectivity index (χ4v) is 3.90. The molecule has 0 spiro atoms. The van der Waals surface area contributed by atoms with Crippen LogP contribution in [0.4, 0.5) is 10.7 Å². The summed E-state index contributed by atoms with van der Waals surface area (Å²) in [5, 5.41) is 17.4. The van der Waals surface area contributed by atoms with Crippen molar-refractivity contribution in [1.82, 2.24) is 10.5 Å². The van der Waals surface area contributed by atoms with E-state index in [9.17, 15) is 14.4 Å². The number of nitrogens with zero attached hydrogens (tertiary/aromatic N) is 1. The van der Waals surface area contributed by atoms with Gasteiger partial charge >= 0.3 is 12.1 Å². The molecule has 3 N–H and O–H groups in total. The monoisotopic (exact) mass is 449 g/mol. The van der Waals surface area contributed by atoms with Crippen LogP contribution in [0.5, 0.6) is 0 Å². The van der Waals surface area contributed by atoms with Crippen molar-refractivity contribution < 1.29 is 28.8 Å². The Hall–Kier alpha value is -4.14. The number of carbonyl (C=O) groups excluding carboxylic acids is 2. The lowest BCUT2D eigenvalue weighted by Crippen LogP contribution is -2.29. The first-order chi connectivity index (χ1) is 15.9. The van der Waals surface area contributed by atoms with Gasteiger partial charge in [0.1, 0.15) is 6.61 Å². The van der Waals surface area contributed by atoms with Gasteiger partial charge in [0.15, 0.2) is 5.69 Å². The number of carbonyl (C=O) groups is 3. The summed E-state index contributed by atoms with van der Waals surface area (Å²) >= 11 is 0. The van der Waals surface area contributed by atoms with E-state index in [0.29, 0.717) is 0 Å². The molecule has 9 heteroatoms. The molecular weight excluding hydrogens is 426 g/mol. The molecule has 0 radical (unpaired) electrons. The van der Waals surface area contributed by atoms with Gasteiger partial charge in [-0.3, -0.25) is 14.9 Å². The van der Waals surface area contributed by atoms with Crippen molar-refractivity contribution in [2.45, 2.75) is 19.3 Å². The predicted molar refractivity (Wildman–Crippen MR) is 119 cm³/mol. The van der Waals surface area contributed by atoms with Gasteiger partial charge in [0.2, 0.25) is 5.88 Å². The van der Waals surface area contributed by atoms with E-state index in [2.05, 4.69) is 27.9 Å². The molecule has 1 unspecified atom stereocenters. The molecule has 1 aliphatic carbocycles. The Kier molecular flexibility index (Phi) is 6.39. The minimum Gasteiger partial charge on any atom is -0.481 e. The summed E-state index contributed by atoms with van der Waals surface area (Å²) < 4.78 is 10.4.